The van der Waals surface area contributed by atoms with Crippen molar-refractivity contribution >= 4 is 40.6 Å². The highest BCUT2D eigenvalue weighted by atomic mass is 32.1. The van der Waals surface area contributed by atoms with Crippen molar-refractivity contribution in [3.05, 3.63) is 28.8 Å². The fourth-order valence-corrected chi connectivity index (χ4v) is 3.56. The van der Waals surface area contributed by atoms with Gasteiger partial charge in [-0.15, -0.1) is 0 Å². The molecule has 0 saturated carbocycles. The maximum Gasteiger partial charge on any atom is 0.272 e. The first-order valence-corrected chi connectivity index (χ1v) is 10.1. The normalized spacial score (nSPS) is 12.1. The van der Waals surface area contributed by atoms with E-state index in [1.165, 1.54) is 19.1 Å². The van der Waals surface area contributed by atoms with Crippen molar-refractivity contribution < 1.29 is 23.9 Å². The minimum atomic E-state index is -0.927. The Hall–Kier alpha value is -3.34. The third-order valence-electron chi connectivity index (χ3n) is 4.28. The van der Waals surface area contributed by atoms with Crippen molar-refractivity contribution in [3.63, 3.8) is 0 Å². The van der Waals surface area contributed by atoms with Crippen molar-refractivity contribution in [2.75, 3.05) is 24.9 Å². The molecule has 1 heterocycles. The molecule has 0 fully saturated rings. The number of nitrogens with two attached hydrogens (primary N) is 2. The first-order valence-electron chi connectivity index (χ1n) is 9.33. The Morgan fingerprint density at radius 3 is 2.26 bits per heavy atom. The second-order valence-corrected chi connectivity index (χ2v) is 8.54. The number of carbonyl (C=O) groups is 3. The number of aromatic nitrogens is 1. The molecule has 0 bridgehead atoms. The quantitative estimate of drug-likeness (QED) is 0.583. The molecule has 1 aromatic heterocycles. The second kappa shape index (κ2) is 9.21. The molecule has 5 N–H and O–H groups in total. The molecule has 0 aliphatic carbocycles. The zero-order valence-corrected chi connectivity index (χ0v) is 19.1. The molecule has 0 unspecified atom stereocenters. The molecule has 0 aliphatic heterocycles. The van der Waals surface area contributed by atoms with Crippen LogP contribution in [0.25, 0.3) is 0 Å². The molecular formula is C20H27N5O5S. The van der Waals surface area contributed by atoms with Crippen LogP contribution >= 0.6 is 11.5 Å². The van der Waals surface area contributed by atoms with E-state index in [-0.39, 0.29) is 22.2 Å². The highest BCUT2D eigenvalue weighted by molar-refractivity contribution is 7.09. The number of ether oxygens (including phenoxy) is 2. The summed E-state index contributed by atoms with van der Waals surface area (Å²) in [4.78, 5) is 39.2. The molecular weight excluding hydrogens is 422 g/mol. The van der Waals surface area contributed by atoms with E-state index in [1.807, 2.05) is 20.8 Å². The van der Waals surface area contributed by atoms with Crippen molar-refractivity contribution in [1.29, 1.82) is 0 Å². The van der Waals surface area contributed by atoms with Gasteiger partial charge >= 0.3 is 0 Å². The van der Waals surface area contributed by atoms with E-state index in [1.54, 1.807) is 25.1 Å². The predicted molar refractivity (Wildman–Crippen MR) is 119 cm³/mol. The summed E-state index contributed by atoms with van der Waals surface area (Å²) < 4.78 is 14.5. The van der Waals surface area contributed by atoms with Crippen LogP contribution in [0.15, 0.2) is 18.2 Å². The number of amides is 3. The van der Waals surface area contributed by atoms with Gasteiger partial charge in [0.1, 0.15) is 10.9 Å². The van der Waals surface area contributed by atoms with Crippen LogP contribution in [-0.2, 0) is 4.79 Å². The second-order valence-electron chi connectivity index (χ2n) is 7.77. The number of nitrogen functional groups attached to an aromatic ring is 1. The molecule has 1 atom stereocenters. The molecule has 31 heavy (non-hydrogen) atoms. The third-order valence-corrected chi connectivity index (χ3v) is 5.14. The van der Waals surface area contributed by atoms with Gasteiger partial charge in [0.15, 0.2) is 17.2 Å². The van der Waals surface area contributed by atoms with Crippen LogP contribution in [-0.4, -0.2) is 47.9 Å². The molecule has 10 nitrogen and oxygen atoms in total. The Bertz CT molecular complexity index is 998. The Balaban J connectivity index is 2.59. The predicted octanol–water partition coefficient (Wildman–Crippen LogP) is 1.79. The first-order chi connectivity index (χ1) is 14.4. The van der Waals surface area contributed by atoms with E-state index >= 15 is 0 Å². The maximum absolute atomic E-state index is 13.5. The van der Waals surface area contributed by atoms with Crippen LogP contribution in [0.3, 0.4) is 0 Å². The topological polar surface area (TPSA) is 150 Å². The number of rotatable bonds is 7. The molecule has 168 valence electrons. The fourth-order valence-electron chi connectivity index (χ4n) is 2.82. The van der Waals surface area contributed by atoms with E-state index in [0.717, 1.165) is 11.5 Å². The third kappa shape index (κ3) is 5.23. The molecule has 0 spiro atoms. The van der Waals surface area contributed by atoms with E-state index in [2.05, 4.69) is 9.69 Å². The van der Waals surface area contributed by atoms with E-state index in [0.29, 0.717) is 17.2 Å². The smallest absolute Gasteiger partial charge is 0.272 e. The first kappa shape index (κ1) is 23.9. The number of primary amides is 1. The SMILES string of the molecule is COc1ccc(N(C(=O)c2snc(C(N)=O)c2N)[C@H](C)C(=O)NC(C)(C)C)cc1OC. The summed E-state index contributed by atoms with van der Waals surface area (Å²) in [6.07, 6.45) is 0. The minimum absolute atomic E-state index is 0.000932. The highest BCUT2D eigenvalue weighted by Crippen LogP contribution is 2.34. The molecule has 0 saturated heterocycles. The average molecular weight is 450 g/mol. The van der Waals surface area contributed by atoms with Gasteiger partial charge in [-0.25, -0.2) is 0 Å². The number of nitrogens with zero attached hydrogens (tertiary/aromatic N) is 2. The summed E-state index contributed by atoms with van der Waals surface area (Å²) in [5.41, 5.74) is 10.8. The molecule has 2 rings (SSSR count). The minimum Gasteiger partial charge on any atom is -0.493 e. The van der Waals surface area contributed by atoms with Gasteiger partial charge in [0.25, 0.3) is 11.8 Å². The van der Waals surface area contributed by atoms with E-state index in [9.17, 15) is 14.4 Å². The number of anilines is 2. The van der Waals surface area contributed by atoms with Crippen molar-refractivity contribution in [2.24, 2.45) is 5.73 Å². The Morgan fingerprint density at radius 1 is 1.16 bits per heavy atom. The Kier molecular flexibility index (Phi) is 7.11. The van der Waals surface area contributed by atoms with Crippen LogP contribution < -0.4 is 31.2 Å². The zero-order valence-electron chi connectivity index (χ0n) is 18.3. The van der Waals surface area contributed by atoms with Gasteiger partial charge < -0.3 is 26.3 Å². The van der Waals surface area contributed by atoms with Gasteiger partial charge in [-0.05, 0) is 51.4 Å². The summed E-state index contributed by atoms with van der Waals surface area (Å²) in [6.45, 7) is 7.09. The van der Waals surface area contributed by atoms with Crippen LogP contribution in [0.2, 0.25) is 0 Å². The van der Waals surface area contributed by atoms with Crippen molar-refractivity contribution in [2.45, 2.75) is 39.3 Å². The number of hydrogen-bond acceptors (Lipinski definition) is 8. The molecule has 3 amide bonds. The average Bonchev–Trinajstić information content (AvgIpc) is 3.08. The van der Waals surface area contributed by atoms with Crippen molar-refractivity contribution in [3.8, 4) is 11.5 Å². The molecule has 11 heteroatoms. The largest absolute Gasteiger partial charge is 0.493 e. The maximum atomic E-state index is 13.5. The monoisotopic (exact) mass is 449 g/mol. The van der Waals surface area contributed by atoms with Gasteiger partial charge in [0, 0.05) is 17.3 Å². The Morgan fingerprint density at radius 2 is 1.77 bits per heavy atom. The molecule has 0 aliphatic rings. The number of carbonyl (C=O) groups excluding carboxylic acids is 3. The number of hydrogen-bond donors (Lipinski definition) is 3. The number of methoxy groups -OCH3 is 2. The van der Waals surface area contributed by atoms with Crippen molar-refractivity contribution in [1.82, 2.24) is 9.69 Å². The lowest BCUT2D eigenvalue weighted by atomic mass is 10.1. The summed E-state index contributed by atoms with van der Waals surface area (Å²) >= 11 is 0.741. The summed E-state index contributed by atoms with van der Waals surface area (Å²) in [5, 5.41) is 2.86. The summed E-state index contributed by atoms with van der Waals surface area (Å²) in [5.74, 6) is -1.00. The standard InChI is InChI=1S/C20H27N5O5S/c1-10(18(27)23-20(2,3)4)25(11-7-8-12(29-5)13(9-11)30-6)19(28)16-14(21)15(17(22)26)24-31-16/h7-10H,21H2,1-6H3,(H2,22,26)(H,23,27)/t10-/m1/s1. The van der Waals surface area contributed by atoms with E-state index in [4.69, 9.17) is 20.9 Å². The molecule has 0 radical (unpaired) electrons. The summed E-state index contributed by atoms with van der Waals surface area (Å²) in [6, 6.07) is 3.88. The number of nitrogens with one attached hydrogen (secondary N) is 1. The van der Waals surface area contributed by atoms with Crippen LogP contribution in [0.4, 0.5) is 11.4 Å². The van der Waals surface area contributed by atoms with Gasteiger partial charge in [-0.3, -0.25) is 19.3 Å². The van der Waals surface area contributed by atoms with Gasteiger partial charge in [0.05, 0.1) is 19.9 Å². The Labute approximate surface area is 184 Å². The lowest BCUT2D eigenvalue weighted by Gasteiger charge is -2.31. The molecule has 1 aromatic carbocycles. The summed E-state index contributed by atoms with van der Waals surface area (Å²) in [7, 11) is 2.95. The molecule has 2 aromatic rings. The van der Waals surface area contributed by atoms with Gasteiger partial charge in [-0.1, -0.05) is 0 Å². The zero-order chi connectivity index (χ0) is 23.5. The van der Waals surface area contributed by atoms with Crippen LogP contribution in [0, 0.1) is 0 Å². The number of benzene rings is 1. The highest BCUT2D eigenvalue weighted by Gasteiger charge is 2.33. The van der Waals surface area contributed by atoms with E-state index < -0.39 is 23.4 Å². The van der Waals surface area contributed by atoms with Gasteiger partial charge in [-0.2, -0.15) is 4.37 Å². The fraction of sp³-hybridized carbons (Fsp3) is 0.400. The lowest BCUT2D eigenvalue weighted by Crippen LogP contribution is -2.52. The van der Waals surface area contributed by atoms with Crippen LogP contribution in [0.5, 0.6) is 11.5 Å². The van der Waals surface area contributed by atoms with Crippen LogP contribution in [0.1, 0.15) is 47.9 Å². The lowest BCUT2D eigenvalue weighted by molar-refractivity contribution is -0.123. The van der Waals surface area contributed by atoms with Gasteiger partial charge in [0.2, 0.25) is 5.91 Å².